The van der Waals surface area contributed by atoms with Crippen molar-refractivity contribution in [1.82, 2.24) is 35.5 Å². The van der Waals surface area contributed by atoms with Crippen LogP contribution in [-0.4, -0.2) is 42.6 Å². The van der Waals surface area contributed by atoms with Gasteiger partial charge in [-0.2, -0.15) is 5.10 Å². The number of rotatable bonds is 4. The molecule has 0 unspecified atom stereocenters. The van der Waals surface area contributed by atoms with E-state index in [1.165, 1.54) is 6.33 Å². The largest absolute Gasteiger partial charge is 0.347 e. The Labute approximate surface area is 84.7 Å². The fraction of sp³-hybridized carbons (Fsp3) is 0.286. The molecule has 2 aromatic rings. The SMILES string of the molecule is O=C(NCCn1ccnn1)c1ncn[nH]1. The standard InChI is InChI=1S/C7H9N7O/c15-7(6-9-5-11-12-6)8-1-3-14-4-2-10-13-14/h2,4-5H,1,3H2,(H,8,15)(H,9,11,12). The van der Waals surface area contributed by atoms with E-state index in [4.69, 9.17) is 0 Å². The molecule has 15 heavy (non-hydrogen) atoms. The minimum absolute atomic E-state index is 0.202. The van der Waals surface area contributed by atoms with Gasteiger partial charge in [0.25, 0.3) is 5.91 Å². The number of aromatic amines is 1. The normalized spacial score (nSPS) is 10.1. The topological polar surface area (TPSA) is 101 Å². The van der Waals surface area contributed by atoms with Gasteiger partial charge in [0.2, 0.25) is 5.82 Å². The van der Waals surface area contributed by atoms with Crippen LogP contribution in [0.3, 0.4) is 0 Å². The minimum Gasteiger partial charge on any atom is -0.347 e. The number of nitrogens with one attached hydrogen (secondary N) is 2. The van der Waals surface area contributed by atoms with Crippen LogP contribution in [0, 0.1) is 0 Å². The Bertz CT molecular complexity index is 406. The Morgan fingerprint density at radius 2 is 2.53 bits per heavy atom. The van der Waals surface area contributed by atoms with Gasteiger partial charge in [-0.15, -0.1) is 5.10 Å². The molecular weight excluding hydrogens is 198 g/mol. The quantitative estimate of drug-likeness (QED) is 0.657. The third-order valence-electron chi connectivity index (χ3n) is 1.73. The molecule has 0 aliphatic heterocycles. The zero-order valence-electron chi connectivity index (χ0n) is 7.79. The molecule has 0 saturated carbocycles. The zero-order chi connectivity index (χ0) is 10.5. The summed E-state index contributed by atoms with van der Waals surface area (Å²) in [5, 5.41) is 16.1. The number of aromatic nitrogens is 6. The van der Waals surface area contributed by atoms with Gasteiger partial charge in [0.05, 0.1) is 12.7 Å². The van der Waals surface area contributed by atoms with Crippen molar-refractivity contribution in [2.75, 3.05) is 6.54 Å². The highest BCUT2D eigenvalue weighted by atomic mass is 16.2. The summed E-state index contributed by atoms with van der Waals surface area (Å²) in [4.78, 5) is 15.1. The van der Waals surface area contributed by atoms with Crippen LogP contribution in [0.2, 0.25) is 0 Å². The molecule has 0 fully saturated rings. The molecule has 0 atom stereocenters. The van der Waals surface area contributed by atoms with Crippen LogP contribution in [0.4, 0.5) is 0 Å². The maximum absolute atomic E-state index is 11.3. The fourth-order valence-corrected chi connectivity index (χ4v) is 1.03. The first-order chi connectivity index (χ1) is 7.36. The highest BCUT2D eigenvalue weighted by Crippen LogP contribution is 1.85. The summed E-state index contributed by atoms with van der Waals surface area (Å²) >= 11 is 0. The second-order valence-electron chi connectivity index (χ2n) is 2.76. The third-order valence-corrected chi connectivity index (χ3v) is 1.73. The van der Waals surface area contributed by atoms with Gasteiger partial charge in [0.15, 0.2) is 0 Å². The molecule has 8 nitrogen and oxygen atoms in total. The van der Waals surface area contributed by atoms with Gasteiger partial charge in [-0.3, -0.25) is 14.6 Å². The first-order valence-corrected chi connectivity index (χ1v) is 4.34. The van der Waals surface area contributed by atoms with Crippen LogP contribution < -0.4 is 5.32 Å². The first kappa shape index (κ1) is 9.31. The molecule has 2 rings (SSSR count). The van der Waals surface area contributed by atoms with Gasteiger partial charge in [-0.25, -0.2) is 4.98 Å². The molecule has 0 aliphatic rings. The minimum atomic E-state index is -0.285. The molecule has 2 aromatic heterocycles. The van der Waals surface area contributed by atoms with Crippen LogP contribution in [0.15, 0.2) is 18.7 Å². The number of hydrogen-bond acceptors (Lipinski definition) is 5. The molecular formula is C7H9N7O. The van der Waals surface area contributed by atoms with E-state index in [2.05, 4.69) is 30.8 Å². The van der Waals surface area contributed by atoms with Gasteiger partial charge in [0, 0.05) is 12.7 Å². The van der Waals surface area contributed by atoms with Gasteiger partial charge >= 0.3 is 0 Å². The van der Waals surface area contributed by atoms with E-state index in [0.717, 1.165) is 0 Å². The van der Waals surface area contributed by atoms with Crippen molar-refractivity contribution in [3.8, 4) is 0 Å². The van der Waals surface area contributed by atoms with Crippen LogP contribution in [0.1, 0.15) is 10.6 Å². The zero-order valence-corrected chi connectivity index (χ0v) is 7.79. The van der Waals surface area contributed by atoms with Crippen molar-refractivity contribution < 1.29 is 4.79 Å². The van der Waals surface area contributed by atoms with E-state index >= 15 is 0 Å². The van der Waals surface area contributed by atoms with Gasteiger partial charge in [0.1, 0.15) is 6.33 Å². The van der Waals surface area contributed by atoms with Crippen LogP contribution in [0.5, 0.6) is 0 Å². The number of amides is 1. The Morgan fingerprint density at radius 3 is 3.20 bits per heavy atom. The molecule has 78 valence electrons. The third kappa shape index (κ3) is 2.36. The summed E-state index contributed by atoms with van der Waals surface area (Å²) in [7, 11) is 0. The molecule has 0 aliphatic carbocycles. The molecule has 8 heteroatoms. The van der Waals surface area contributed by atoms with E-state index in [0.29, 0.717) is 13.1 Å². The average Bonchev–Trinajstić information content (AvgIpc) is 2.90. The lowest BCUT2D eigenvalue weighted by atomic mass is 10.5. The Hall–Kier alpha value is -2.25. The van der Waals surface area contributed by atoms with E-state index < -0.39 is 0 Å². The van der Waals surface area contributed by atoms with Crippen molar-refractivity contribution in [1.29, 1.82) is 0 Å². The molecule has 2 N–H and O–H groups in total. The summed E-state index contributed by atoms with van der Waals surface area (Å²) < 4.78 is 1.63. The van der Waals surface area contributed by atoms with E-state index in [9.17, 15) is 4.79 Å². The highest BCUT2D eigenvalue weighted by molar-refractivity contribution is 5.90. The fourth-order valence-electron chi connectivity index (χ4n) is 1.03. The Kier molecular flexibility index (Phi) is 2.68. The van der Waals surface area contributed by atoms with Crippen LogP contribution in [0.25, 0.3) is 0 Å². The summed E-state index contributed by atoms with van der Waals surface area (Å²) in [5.74, 6) is -0.0822. The molecule has 0 bridgehead atoms. The Morgan fingerprint density at radius 1 is 1.60 bits per heavy atom. The van der Waals surface area contributed by atoms with Crippen molar-refractivity contribution in [3.05, 3.63) is 24.5 Å². The highest BCUT2D eigenvalue weighted by Gasteiger charge is 2.06. The van der Waals surface area contributed by atoms with Crippen molar-refractivity contribution in [2.45, 2.75) is 6.54 Å². The summed E-state index contributed by atoms with van der Waals surface area (Å²) in [6.45, 7) is 1.03. The number of H-pyrrole nitrogens is 1. The molecule has 2 heterocycles. The lowest BCUT2D eigenvalue weighted by Crippen LogP contribution is -2.28. The second-order valence-corrected chi connectivity index (χ2v) is 2.76. The number of nitrogens with zero attached hydrogens (tertiary/aromatic N) is 5. The lowest BCUT2D eigenvalue weighted by Gasteiger charge is -2.01. The monoisotopic (exact) mass is 207 g/mol. The van der Waals surface area contributed by atoms with E-state index in [1.54, 1.807) is 17.1 Å². The maximum atomic E-state index is 11.3. The summed E-state index contributed by atoms with van der Waals surface area (Å²) in [6, 6.07) is 0. The molecule has 0 aromatic carbocycles. The van der Waals surface area contributed by atoms with Crippen LogP contribution >= 0.6 is 0 Å². The van der Waals surface area contributed by atoms with Gasteiger partial charge in [-0.05, 0) is 0 Å². The number of hydrogen-bond donors (Lipinski definition) is 2. The van der Waals surface area contributed by atoms with Crippen LogP contribution in [-0.2, 0) is 6.54 Å². The van der Waals surface area contributed by atoms with Crippen molar-refractivity contribution >= 4 is 5.91 Å². The Balaban J connectivity index is 1.77. The number of carbonyl (C=O) groups is 1. The smallest absolute Gasteiger partial charge is 0.288 e. The second kappa shape index (κ2) is 4.31. The number of carbonyl (C=O) groups excluding carboxylic acids is 1. The predicted octanol–water partition coefficient (Wildman–Crippen LogP) is -1.17. The first-order valence-electron chi connectivity index (χ1n) is 4.34. The van der Waals surface area contributed by atoms with E-state index in [1.807, 2.05) is 0 Å². The van der Waals surface area contributed by atoms with Gasteiger partial charge in [-0.1, -0.05) is 5.21 Å². The molecule has 0 radical (unpaired) electrons. The molecule has 0 saturated heterocycles. The lowest BCUT2D eigenvalue weighted by molar-refractivity contribution is 0.0942. The average molecular weight is 207 g/mol. The predicted molar refractivity (Wildman–Crippen MR) is 48.7 cm³/mol. The van der Waals surface area contributed by atoms with Crippen molar-refractivity contribution in [2.24, 2.45) is 0 Å². The molecule has 0 spiro atoms. The van der Waals surface area contributed by atoms with Gasteiger partial charge < -0.3 is 5.32 Å². The van der Waals surface area contributed by atoms with Crippen molar-refractivity contribution in [3.63, 3.8) is 0 Å². The molecule has 1 amide bonds. The van der Waals surface area contributed by atoms with E-state index in [-0.39, 0.29) is 11.7 Å². The summed E-state index contributed by atoms with van der Waals surface area (Å²) in [6.07, 6.45) is 4.59. The maximum Gasteiger partial charge on any atom is 0.288 e. The summed E-state index contributed by atoms with van der Waals surface area (Å²) in [5.41, 5.74) is 0.